The number of nitrogens with two attached hydrogens (primary N) is 4. The van der Waals surface area contributed by atoms with Gasteiger partial charge in [0.15, 0.2) is 0 Å². The van der Waals surface area contributed by atoms with Crippen molar-refractivity contribution in [2.24, 2.45) is 28.0 Å². The predicted octanol–water partition coefficient (Wildman–Crippen LogP) is -2.77. The molecular weight excluding hydrogens is 538 g/mol. The van der Waals surface area contributed by atoms with Crippen LogP contribution in [-0.4, -0.2) is 110 Å². The summed E-state index contributed by atoms with van der Waals surface area (Å²) in [5.74, 6) is -0.664. The minimum Gasteiger partial charge on any atom is -0.434 e. The van der Waals surface area contributed by atoms with Crippen LogP contribution in [0.3, 0.4) is 0 Å². The van der Waals surface area contributed by atoms with Crippen LogP contribution in [0.4, 0.5) is 0 Å². The van der Waals surface area contributed by atoms with E-state index in [2.05, 4.69) is 10.5 Å². The molecule has 17 heteroatoms. The Bertz CT molecular complexity index is 778. The maximum absolute atomic E-state index is 10.6. The van der Waals surface area contributed by atoms with Crippen molar-refractivity contribution >= 4 is 51.1 Å². The van der Waals surface area contributed by atoms with Gasteiger partial charge >= 0.3 is 5.97 Å². The molecule has 0 aromatic carbocycles. The van der Waals surface area contributed by atoms with Crippen LogP contribution in [-0.2, 0) is 33.4 Å². The third-order valence-corrected chi connectivity index (χ3v) is 4.27. The number of cyclic esters (lactones) is 1. The Morgan fingerprint density at radius 1 is 1.00 bits per heavy atom. The second-order valence-electron chi connectivity index (χ2n) is 8.82. The smallest absolute Gasteiger partial charge is 0.309 e. The highest BCUT2D eigenvalue weighted by Gasteiger charge is 2.32. The number of nitrogens with zero attached hydrogens (tertiary/aromatic N) is 1. The van der Waals surface area contributed by atoms with Crippen LogP contribution >= 0.6 is 0 Å². The van der Waals surface area contributed by atoms with Gasteiger partial charge in [0.05, 0.1) is 12.5 Å². The summed E-state index contributed by atoms with van der Waals surface area (Å²) in [4.78, 5) is 52.0. The van der Waals surface area contributed by atoms with Crippen LogP contribution in [0.2, 0.25) is 0 Å². The number of ether oxygens (including phenoxy) is 2. The number of amides is 1. The molecule has 0 spiro atoms. The Morgan fingerprint density at radius 3 is 1.66 bits per heavy atom. The molecule has 1 fully saturated rings. The first-order valence-corrected chi connectivity index (χ1v) is 12.3. The van der Waals surface area contributed by atoms with E-state index in [1.54, 1.807) is 0 Å². The number of nitrogens with one attached hydrogen (secondary N) is 1. The van der Waals surface area contributed by atoms with Gasteiger partial charge in [-0.25, -0.2) is 5.43 Å². The zero-order valence-electron chi connectivity index (χ0n) is 23.8. The van der Waals surface area contributed by atoms with Gasteiger partial charge in [-0.1, -0.05) is 7.43 Å². The zero-order valence-corrected chi connectivity index (χ0v) is 23.8. The number of aliphatic hydroxyl groups excluding tert-OH is 2. The maximum Gasteiger partial charge on any atom is 0.309 e. The van der Waals surface area contributed by atoms with E-state index in [9.17, 15) is 24.0 Å². The van der Waals surface area contributed by atoms with E-state index in [0.717, 1.165) is 0 Å². The molecule has 1 saturated heterocycles. The number of hydrogen-bond donors (Lipinski definition) is 7. The fourth-order valence-electron chi connectivity index (χ4n) is 2.39. The van der Waals surface area contributed by atoms with Gasteiger partial charge in [0.1, 0.15) is 33.0 Å². The Balaban J connectivity index is -0.000000222. The molecule has 0 saturated carbocycles. The van der Waals surface area contributed by atoms with Gasteiger partial charge in [-0.05, 0) is 27.7 Å². The van der Waals surface area contributed by atoms with Gasteiger partial charge in [0.2, 0.25) is 12.2 Å². The number of carbonyl (C=O) groups excluding carboxylic acids is 5. The second-order valence-corrected chi connectivity index (χ2v) is 8.82. The minimum atomic E-state index is -1.09. The summed E-state index contributed by atoms with van der Waals surface area (Å²) in [7, 11) is 9.93. The summed E-state index contributed by atoms with van der Waals surface area (Å²) in [6, 6.07) is -4.13. The Morgan fingerprint density at radius 2 is 1.41 bits per heavy atom. The van der Waals surface area contributed by atoms with Crippen molar-refractivity contribution in [1.29, 1.82) is 0 Å². The third kappa shape index (κ3) is 31.9. The summed E-state index contributed by atoms with van der Waals surface area (Å²) in [6.45, 7) is 7.95. The van der Waals surface area contributed by atoms with Gasteiger partial charge in [-0.15, -0.1) is 0 Å². The Labute approximate surface area is 245 Å². The quantitative estimate of drug-likeness (QED) is 0.0529. The van der Waals surface area contributed by atoms with E-state index >= 15 is 0 Å². The van der Waals surface area contributed by atoms with Crippen molar-refractivity contribution in [1.82, 2.24) is 5.43 Å². The number of carbonyl (C=O) groups is 5. The first kappa shape index (κ1) is 45.5. The van der Waals surface area contributed by atoms with Crippen molar-refractivity contribution in [2.45, 2.75) is 110 Å². The SMILES string of the molecule is C.CC(=O)CC(N)/C=N/NC(C)=O.CCOC1OC(=O)CC1N.[B]C(O)C(N)CC(C)=O.[B]C(O)C(N)CC(C)=O. The number of aliphatic hydroxyl groups is 2. The van der Waals surface area contributed by atoms with Crippen molar-refractivity contribution in [3.63, 3.8) is 0 Å². The van der Waals surface area contributed by atoms with E-state index in [0.29, 0.717) is 6.61 Å². The third-order valence-electron chi connectivity index (χ3n) is 4.27. The molecule has 0 aliphatic carbocycles. The topological polar surface area (TPSA) is 273 Å². The largest absolute Gasteiger partial charge is 0.434 e. The molecule has 15 nitrogen and oxygen atoms in total. The van der Waals surface area contributed by atoms with E-state index in [4.69, 9.17) is 58.3 Å². The summed E-state index contributed by atoms with van der Waals surface area (Å²) < 4.78 is 9.75. The van der Waals surface area contributed by atoms with E-state index in [-0.39, 0.29) is 68.4 Å². The molecule has 7 atom stereocenters. The lowest BCUT2D eigenvalue weighted by molar-refractivity contribution is -0.162. The molecule has 0 bridgehead atoms. The molecule has 4 radical (unpaired) electrons. The monoisotopic (exact) mass is 586 g/mol. The molecule has 41 heavy (non-hydrogen) atoms. The summed E-state index contributed by atoms with van der Waals surface area (Å²) in [6.07, 6.45) is 1.60. The van der Waals surface area contributed by atoms with Crippen LogP contribution in [0, 0.1) is 0 Å². The van der Waals surface area contributed by atoms with E-state index in [1.807, 2.05) is 6.92 Å². The van der Waals surface area contributed by atoms with Gasteiger partial charge in [0, 0.05) is 69.1 Å². The highest BCUT2D eigenvalue weighted by molar-refractivity contribution is 6.11. The summed E-state index contributed by atoms with van der Waals surface area (Å²) in [5.41, 5.74) is 23.6. The van der Waals surface area contributed by atoms with E-state index < -0.39 is 36.4 Å². The Hall–Kier alpha value is -2.53. The van der Waals surface area contributed by atoms with Crippen LogP contribution in [0.1, 0.15) is 67.7 Å². The standard InChI is InChI=1S/C7H13N3O2.C6H11NO3.2C5H10BNO2.CH4/c1-5(11)3-7(8)4-9-10-6(2)12;1-2-9-6-4(7)3-5(8)10-6;2*1-3(8)2-4(7)5(6)9;/h4,7H,3,8H2,1-2H3,(H,10,12);4,6H,2-3,7H2,1H3;2*4-5,9H,2,7H2,1H3;1H4/b9-4+;;;;. The number of hydrogen-bond acceptors (Lipinski definition) is 14. The molecule has 7 unspecified atom stereocenters. The lowest BCUT2D eigenvalue weighted by Crippen LogP contribution is -2.36. The van der Waals surface area contributed by atoms with Crippen molar-refractivity contribution in [3.05, 3.63) is 0 Å². The van der Waals surface area contributed by atoms with Crippen LogP contribution < -0.4 is 28.4 Å². The number of hydrazone groups is 1. The second kappa shape index (κ2) is 26.4. The molecule has 1 rings (SSSR count). The van der Waals surface area contributed by atoms with Crippen LogP contribution in [0.25, 0.3) is 0 Å². The van der Waals surface area contributed by atoms with Gasteiger partial charge < -0.3 is 42.6 Å². The van der Waals surface area contributed by atoms with Crippen molar-refractivity contribution < 1.29 is 43.7 Å². The molecule has 1 heterocycles. The number of esters is 1. The van der Waals surface area contributed by atoms with Gasteiger partial charge in [0.25, 0.3) is 0 Å². The lowest BCUT2D eigenvalue weighted by Gasteiger charge is -2.12. The predicted molar refractivity (Wildman–Crippen MR) is 156 cm³/mol. The molecule has 0 aromatic heterocycles. The van der Waals surface area contributed by atoms with E-state index in [1.165, 1.54) is 33.9 Å². The number of Topliss-reactive ketones (excluding diaryl/α,β-unsaturated/α-hetero) is 3. The summed E-state index contributed by atoms with van der Waals surface area (Å²) >= 11 is 0. The molecule has 0 aromatic rings. The average Bonchev–Trinajstić information content (AvgIpc) is 3.10. The molecule has 1 amide bonds. The highest BCUT2D eigenvalue weighted by atomic mass is 16.7. The zero-order chi connectivity index (χ0) is 32.0. The lowest BCUT2D eigenvalue weighted by atomic mass is 9.90. The normalized spacial score (nSPS) is 19.0. The first-order valence-electron chi connectivity index (χ1n) is 12.3. The van der Waals surface area contributed by atoms with Crippen molar-refractivity contribution in [3.8, 4) is 0 Å². The summed E-state index contributed by atoms with van der Waals surface area (Å²) in [5, 5.41) is 20.7. The van der Waals surface area contributed by atoms with Crippen LogP contribution in [0.15, 0.2) is 5.10 Å². The number of rotatable bonds is 12. The highest BCUT2D eigenvalue weighted by Crippen LogP contribution is 2.13. The average molecular weight is 586 g/mol. The Kier molecular flexibility index (Phi) is 29.2. The molecule has 1 aliphatic rings. The first-order chi connectivity index (χ1) is 18.3. The van der Waals surface area contributed by atoms with Crippen LogP contribution in [0.5, 0.6) is 0 Å². The maximum atomic E-state index is 10.6. The fraction of sp³-hybridized carbons (Fsp3) is 0.750. The fourth-order valence-corrected chi connectivity index (χ4v) is 2.39. The number of ketones is 3. The minimum absolute atomic E-state index is 0. The van der Waals surface area contributed by atoms with Gasteiger partial charge in [-0.3, -0.25) is 24.0 Å². The molecule has 234 valence electrons. The van der Waals surface area contributed by atoms with Gasteiger partial charge in [-0.2, -0.15) is 5.10 Å². The molecule has 11 N–H and O–H groups in total. The molecular formula is C24H48B2N6O9. The molecule has 1 aliphatic heterocycles. The van der Waals surface area contributed by atoms with Crippen molar-refractivity contribution in [2.75, 3.05) is 6.61 Å².